The molecule has 3 aromatic carbocycles. The van der Waals surface area contributed by atoms with Gasteiger partial charge in [-0.15, -0.1) is 0 Å². The van der Waals surface area contributed by atoms with Crippen LogP contribution in [-0.4, -0.2) is 83.2 Å². The van der Waals surface area contributed by atoms with Crippen LogP contribution in [0, 0.1) is 38.7 Å². The molecular weight excluding hydrogens is 864 g/mol. The molecule has 1 saturated heterocycles. The number of anilines is 2. The number of sulfonamides is 1. The number of H-pyrrole nitrogens is 1. The third-order valence-corrected chi connectivity index (χ3v) is 15.0. The van der Waals surface area contributed by atoms with Gasteiger partial charge in [0.25, 0.3) is 21.6 Å². The molecule has 17 heteroatoms. The van der Waals surface area contributed by atoms with Crippen LogP contribution >= 0.6 is 11.6 Å². The van der Waals surface area contributed by atoms with E-state index in [0.29, 0.717) is 28.9 Å². The molecule has 6 aromatic rings. The molecule has 2 aliphatic carbocycles. The van der Waals surface area contributed by atoms with Crippen molar-refractivity contribution in [3.8, 4) is 11.8 Å². The Labute approximate surface area is 382 Å². The van der Waals surface area contributed by atoms with Gasteiger partial charge in [0.05, 0.1) is 32.7 Å². The number of carbonyl (C=O) groups excluding carboxylic acids is 1. The van der Waals surface area contributed by atoms with Crippen LogP contribution in [0.3, 0.4) is 0 Å². The summed E-state index contributed by atoms with van der Waals surface area (Å²) in [6, 6.07) is 23.2. The Hall–Kier alpha value is -6.28. The van der Waals surface area contributed by atoms with E-state index < -0.39 is 31.4 Å². The minimum Gasteiger partial charge on any atom is -0.379 e. The fourth-order valence-electron chi connectivity index (χ4n) is 9.57. The number of benzene rings is 3. The number of hydrogen-bond acceptors (Lipinski definition) is 11. The van der Waals surface area contributed by atoms with Gasteiger partial charge in [0.2, 0.25) is 0 Å². The Morgan fingerprint density at radius 2 is 1.78 bits per heavy atom. The van der Waals surface area contributed by atoms with Crippen LogP contribution in [0.1, 0.15) is 74.7 Å². The van der Waals surface area contributed by atoms with Crippen LogP contribution in [0.5, 0.6) is 0 Å². The number of aromatic amines is 1. The lowest BCUT2D eigenvalue weighted by Crippen LogP contribution is -2.47. The lowest BCUT2D eigenvalue weighted by molar-refractivity contribution is -0.384. The second-order valence-electron chi connectivity index (χ2n) is 18.4. The van der Waals surface area contributed by atoms with Crippen molar-refractivity contribution in [2.24, 2.45) is 17.3 Å². The predicted octanol–water partition coefficient (Wildman–Crippen LogP) is 9.11. The second kappa shape index (κ2) is 17.9. The number of nitriles is 1. The molecular formula is C48H51ClN10O5S. The summed E-state index contributed by atoms with van der Waals surface area (Å²) in [6.07, 6.45) is 9.77. The molecule has 9 rings (SSSR count). The normalized spacial score (nSPS) is 19.3. The van der Waals surface area contributed by atoms with Crippen molar-refractivity contribution in [2.75, 3.05) is 49.5 Å². The van der Waals surface area contributed by atoms with Crippen molar-refractivity contribution >= 4 is 72.2 Å². The third-order valence-electron chi connectivity index (χ3n) is 13.4. The molecule has 2 fully saturated rings. The van der Waals surface area contributed by atoms with Crippen LogP contribution in [0.4, 0.5) is 17.1 Å². The fraction of sp³-hybridized carbons (Fsp3) is 0.375. The highest BCUT2D eigenvalue weighted by Crippen LogP contribution is 2.43. The molecule has 65 heavy (non-hydrogen) atoms. The van der Waals surface area contributed by atoms with Crippen molar-refractivity contribution in [1.29, 1.82) is 5.26 Å². The SMILES string of the molecule is CC1(C)CCC(CN2CCN(c3ccc(C(=O)NS(=O)(=O)c4ccc(NCC5CCC(C#N)CC5)c([N+](=O)[O-])c4)c(-n4[nH]cc5nc6nccc6cc54)c3)CC2)=C(c2ccc(Cl)cc2)C1. The first kappa shape index (κ1) is 43.9. The number of hydrogen-bond donors (Lipinski definition) is 3. The summed E-state index contributed by atoms with van der Waals surface area (Å²) in [4.78, 5) is 39.2. The highest BCUT2D eigenvalue weighted by Gasteiger charge is 2.31. The highest BCUT2D eigenvalue weighted by molar-refractivity contribution is 7.90. The topological polar surface area (TPSA) is 195 Å². The molecule has 0 radical (unpaired) electrons. The lowest BCUT2D eigenvalue weighted by Gasteiger charge is -2.39. The zero-order chi connectivity index (χ0) is 45.5. The smallest absolute Gasteiger partial charge is 0.293 e. The average Bonchev–Trinajstić information content (AvgIpc) is 3.94. The number of allylic oxidation sites excluding steroid dienone is 1. The van der Waals surface area contributed by atoms with E-state index in [2.05, 4.69) is 67.0 Å². The van der Waals surface area contributed by atoms with E-state index in [4.69, 9.17) is 11.6 Å². The number of nitrogens with zero attached hydrogens (tertiary/aromatic N) is 7. The summed E-state index contributed by atoms with van der Waals surface area (Å²) in [5.41, 5.74) is 7.23. The molecule has 0 unspecified atom stereocenters. The van der Waals surface area contributed by atoms with E-state index in [1.54, 1.807) is 23.1 Å². The van der Waals surface area contributed by atoms with Gasteiger partial charge in [-0.2, -0.15) is 5.26 Å². The van der Waals surface area contributed by atoms with E-state index >= 15 is 0 Å². The van der Waals surface area contributed by atoms with Crippen molar-refractivity contribution < 1.29 is 18.1 Å². The number of fused-ring (bicyclic) bond motifs is 2. The lowest BCUT2D eigenvalue weighted by atomic mass is 9.72. The van der Waals surface area contributed by atoms with Crippen molar-refractivity contribution in [2.45, 2.75) is 63.7 Å². The number of pyridine rings is 1. The van der Waals surface area contributed by atoms with E-state index in [1.807, 2.05) is 36.4 Å². The van der Waals surface area contributed by atoms with Crippen LogP contribution in [-0.2, 0) is 10.0 Å². The maximum absolute atomic E-state index is 14.2. The van der Waals surface area contributed by atoms with Crippen LogP contribution in [0.2, 0.25) is 5.02 Å². The van der Waals surface area contributed by atoms with E-state index in [-0.39, 0.29) is 28.5 Å². The predicted molar refractivity (Wildman–Crippen MR) is 253 cm³/mol. The van der Waals surface area contributed by atoms with Crippen LogP contribution < -0.4 is 14.9 Å². The fourth-order valence-corrected chi connectivity index (χ4v) is 10.7. The first-order valence-electron chi connectivity index (χ1n) is 22.1. The molecule has 0 atom stereocenters. The van der Waals surface area contributed by atoms with Gasteiger partial charge in [-0.1, -0.05) is 43.2 Å². The second-order valence-corrected chi connectivity index (χ2v) is 20.5. The van der Waals surface area contributed by atoms with Gasteiger partial charge < -0.3 is 10.2 Å². The molecule has 0 spiro atoms. The summed E-state index contributed by atoms with van der Waals surface area (Å²) >= 11 is 6.26. The Morgan fingerprint density at radius 1 is 1.02 bits per heavy atom. The first-order valence-corrected chi connectivity index (χ1v) is 24.0. The molecule has 1 saturated carbocycles. The van der Waals surface area contributed by atoms with Gasteiger partial charge in [-0.25, -0.2) is 23.1 Å². The van der Waals surface area contributed by atoms with Crippen LogP contribution in [0.25, 0.3) is 33.3 Å². The van der Waals surface area contributed by atoms with E-state index in [0.717, 1.165) is 99.8 Å². The minimum absolute atomic E-state index is 0.0294. The molecule has 3 aromatic heterocycles. The Kier molecular flexibility index (Phi) is 12.1. The van der Waals surface area contributed by atoms with Gasteiger partial charge in [-0.3, -0.25) is 29.6 Å². The Bertz CT molecular complexity index is 2980. The molecule has 15 nitrogen and oxygen atoms in total. The molecule has 3 N–H and O–H groups in total. The average molecular weight is 916 g/mol. The molecule has 336 valence electrons. The monoisotopic (exact) mass is 914 g/mol. The maximum atomic E-state index is 14.2. The third kappa shape index (κ3) is 9.45. The highest BCUT2D eigenvalue weighted by atomic mass is 35.5. The Morgan fingerprint density at radius 3 is 2.52 bits per heavy atom. The number of carbonyl (C=O) groups is 1. The quantitative estimate of drug-likeness (QED) is 0.0783. The number of amides is 1. The largest absolute Gasteiger partial charge is 0.379 e. The van der Waals surface area contributed by atoms with E-state index in [9.17, 15) is 28.6 Å². The van der Waals surface area contributed by atoms with Gasteiger partial charge in [-0.05, 0) is 122 Å². The van der Waals surface area contributed by atoms with Gasteiger partial charge in [0, 0.05) is 79.7 Å². The first-order chi connectivity index (χ1) is 31.2. The van der Waals surface area contributed by atoms with Gasteiger partial charge in [0.15, 0.2) is 5.65 Å². The molecule has 0 bridgehead atoms. The summed E-state index contributed by atoms with van der Waals surface area (Å²) in [5, 5.41) is 29.3. The van der Waals surface area contributed by atoms with Crippen molar-refractivity contribution in [3.05, 3.63) is 117 Å². The summed E-state index contributed by atoms with van der Waals surface area (Å²) in [5.74, 6) is -0.646. The number of halogens is 1. The maximum Gasteiger partial charge on any atom is 0.293 e. The molecule has 3 aliphatic rings. The number of nitrogens with one attached hydrogen (secondary N) is 3. The zero-order valence-electron chi connectivity index (χ0n) is 36.4. The number of nitro groups is 1. The summed E-state index contributed by atoms with van der Waals surface area (Å²) < 4.78 is 31.6. The summed E-state index contributed by atoms with van der Waals surface area (Å²) in [6.45, 7) is 9.13. The number of nitro benzene ring substituents is 1. The van der Waals surface area contributed by atoms with E-state index in [1.165, 1.54) is 28.8 Å². The minimum atomic E-state index is -4.58. The summed E-state index contributed by atoms with van der Waals surface area (Å²) in [7, 11) is -4.58. The zero-order valence-corrected chi connectivity index (χ0v) is 38.0. The standard InChI is InChI=1S/C48H51ClN10O5S/c1-48(2)17-15-35(40(26-48)33-7-9-36(49)10-8-33)30-56-19-21-57(22-20-56)37-11-13-39(43(24-37)58-44-23-34-16-18-51-46(34)54-42(44)29-53-58)47(60)55-65(63,64)38-12-14-41(45(25-38)59(61)62)52-28-32-5-3-31(27-50)4-6-32/h7-14,16,18,23-25,29,31-32,52-53H,3-6,15,17,19-22,26,28,30H2,1-2H3,(H,55,60). The van der Waals surface area contributed by atoms with Gasteiger partial charge in [0.1, 0.15) is 11.2 Å². The number of rotatable bonds is 12. The molecule has 1 aliphatic heterocycles. The number of piperazine rings is 1. The van der Waals surface area contributed by atoms with Crippen molar-refractivity contribution in [1.82, 2.24) is 29.4 Å². The van der Waals surface area contributed by atoms with Gasteiger partial charge >= 0.3 is 0 Å². The number of aromatic nitrogens is 4. The van der Waals surface area contributed by atoms with Crippen LogP contribution in [0.15, 0.2) is 95.7 Å². The molecule has 4 heterocycles. The Balaban J connectivity index is 0.964. The molecule has 1 amide bonds. The van der Waals surface area contributed by atoms with Crippen molar-refractivity contribution in [3.63, 3.8) is 0 Å².